The third-order valence-electron chi connectivity index (χ3n) is 1.93. The zero-order valence-corrected chi connectivity index (χ0v) is 10.4. The summed E-state index contributed by atoms with van der Waals surface area (Å²) in [6, 6.07) is 0. The van der Waals surface area contributed by atoms with Gasteiger partial charge in [0.15, 0.2) is 0 Å². The Morgan fingerprint density at radius 1 is 1.00 bits per heavy atom. The molecule has 16 heavy (non-hydrogen) atoms. The van der Waals surface area contributed by atoms with Gasteiger partial charge in [0.1, 0.15) is 0 Å². The minimum Gasteiger partial charge on any atom is -0.378 e. The predicted octanol–water partition coefficient (Wildman–Crippen LogP) is 0.155. The summed E-state index contributed by atoms with van der Waals surface area (Å²) in [5.74, 6) is 0.0606. The molecular formula is C11H24N2O3. The maximum absolute atomic E-state index is 10.8. The minimum atomic E-state index is 0.0606. The number of hydrogen-bond donors (Lipinski definition) is 2. The van der Waals surface area contributed by atoms with Crippen LogP contribution in [0.1, 0.15) is 20.3 Å². The van der Waals surface area contributed by atoms with Gasteiger partial charge in [-0.1, -0.05) is 13.8 Å². The van der Waals surface area contributed by atoms with Crippen LogP contribution in [0.3, 0.4) is 0 Å². The number of carbonyl (C=O) groups is 1. The highest BCUT2D eigenvalue weighted by molar-refractivity contribution is 5.75. The van der Waals surface area contributed by atoms with Gasteiger partial charge < -0.3 is 20.1 Å². The Balaban J connectivity index is 2.96. The van der Waals surface area contributed by atoms with Crippen LogP contribution in [-0.4, -0.2) is 52.0 Å². The molecule has 96 valence electrons. The first-order chi connectivity index (χ1) is 7.81. The molecule has 0 atom stereocenters. The summed E-state index contributed by atoms with van der Waals surface area (Å²) in [6.45, 7) is 8.75. The maximum Gasteiger partial charge on any atom is 0.219 e. The minimum absolute atomic E-state index is 0.0606. The van der Waals surface area contributed by atoms with Crippen LogP contribution in [-0.2, 0) is 14.3 Å². The van der Waals surface area contributed by atoms with Crippen LogP contribution in [0.4, 0.5) is 0 Å². The van der Waals surface area contributed by atoms with E-state index in [1.807, 2.05) is 6.92 Å². The lowest BCUT2D eigenvalue weighted by molar-refractivity contribution is -0.121. The van der Waals surface area contributed by atoms with E-state index in [2.05, 4.69) is 17.6 Å². The molecule has 0 aliphatic rings. The average Bonchev–Trinajstić information content (AvgIpc) is 2.31. The van der Waals surface area contributed by atoms with E-state index in [-0.39, 0.29) is 5.91 Å². The third-order valence-corrected chi connectivity index (χ3v) is 1.93. The molecule has 5 heteroatoms. The molecule has 0 saturated carbocycles. The van der Waals surface area contributed by atoms with E-state index in [9.17, 15) is 4.79 Å². The average molecular weight is 232 g/mol. The lowest BCUT2D eigenvalue weighted by atomic mass is 10.4. The molecule has 0 saturated heterocycles. The second-order valence-corrected chi connectivity index (χ2v) is 3.28. The lowest BCUT2D eigenvalue weighted by Crippen LogP contribution is -2.26. The Labute approximate surface area is 97.9 Å². The number of carbonyl (C=O) groups excluding carboxylic acids is 1. The Bertz CT molecular complexity index is 165. The Kier molecular flexibility index (Phi) is 11.9. The Morgan fingerprint density at radius 3 is 2.19 bits per heavy atom. The van der Waals surface area contributed by atoms with E-state index < -0.39 is 0 Å². The molecule has 2 N–H and O–H groups in total. The fourth-order valence-electron chi connectivity index (χ4n) is 1.03. The molecule has 0 radical (unpaired) electrons. The number of hydrogen-bond acceptors (Lipinski definition) is 4. The number of likely N-dealkylation sites (N-methyl/N-ethyl adjacent to an activating group) is 1. The first kappa shape index (κ1) is 15.3. The summed E-state index contributed by atoms with van der Waals surface area (Å²) in [5, 5.41) is 5.90. The highest BCUT2D eigenvalue weighted by Crippen LogP contribution is 1.79. The molecule has 0 aliphatic carbocycles. The number of amides is 1. The first-order valence-corrected chi connectivity index (χ1v) is 5.94. The molecule has 0 aliphatic heterocycles. The van der Waals surface area contributed by atoms with E-state index in [0.29, 0.717) is 39.4 Å². The predicted molar refractivity (Wildman–Crippen MR) is 63.5 cm³/mol. The van der Waals surface area contributed by atoms with Gasteiger partial charge in [0, 0.05) is 19.5 Å². The smallest absolute Gasteiger partial charge is 0.219 e. The van der Waals surface area contributed by atoms with Crippen molar-refractivity contribution in [3.63, 3.8) is 0 Å². The topological polar surface area (TPSA) is 59.6 Å². The first-order valence-electron chi connectivity index (χ1n) is 5.94. The summed E-state index contributed by atoms with van der Waals surface area (Å²) < 4.78 is 10.6. The number of nitrogens with one attached hydrogen (secondary N) is 2. The molecule has 0 bridgehead atoms. The molecule has 0 aromatic carbocycles. The normalized spacial score (nSPS) is 10.4. The summed E-state index contributed by atoms with van der Waals surface area (Å²) in [7, 11) is 0. The van der Waals surface area contributed by atoms with Crippen LogP contribution < -0.4 is 10.6 Å². The van der Waals surface area contributed by atoms with Gasteiger partial charge in [-0.05, 0) is 6.54 Å². The zero-order chi connectivity index (χ0) is 12.1. The van der Waals surface area contributed by atoms with Gasteiger partial charge in [0.2, 0.25) is 5.91 Å². The van der Waals surface area contributed by atoms with Crippen LogP contribution >= 0.6 is 0 Å². The largest absolute Gasteiger partial charge is 0.378 e. The van der Waals surface area contributed by atoms with Crippen molar-refractivity contribution in [1.82, 2.24) is 10.6 Å². The van der Waals surface area contributed by atoms with Gasteiger partial charge in [-0.3, -0.25) is 4.79 Å². The molecule has 1 amide bonds. The van der Waals surface area contributed by atoms with E-state index in [4.69, 9.17) is 9.47 Å². The van der Waals surface area contributed by atoms with Gasteiger partial charge in [-0.2, -0.15) is 0 Å². The zero-order valence-electron chi connectivity index (χ0n) is 10.4. The SMILES string of the molecule is CCNCCOCCOCCNC(=O)CC. The second kappa shape index (κ2) is 12.4. The molecule has 0 aromatic heterocycles. The van der Waals surface area contributed by atoms with Crippen LogP contribution in [0.25, 0.3) is 0 Å². The fraction of sp³-hybridized carbons (Fsp3) is 0.909. The maximum atomic E-state index is 10.8. The van der Waals surface area contributed by atoms with Crippen molar-refractivity contribution in [2.45, 2.75) is 20.3 Å². The fourth-order valence-corrected chi connectivity index (χ4v) is 1.03. The van der Waals surface area contributed by atoms with Crippen molar-refractivity contribution in [2.75, 3.05) is 46.1 Å². The van der Waals surface area contributed by atoms with Gasteiger partial charge in [-0.15, -0.1) is 0 Å². The summed E-state index contributed by atoms with van der Waals surface area (Å²) in [4.78, 5) is 10.8. The van der Waals surface area contributed by atoms with E-state index in [1.165, 1.54) is 0 Å². The van der Waals surface area contributed by atoms with Crippen molar-refractivity contribution < 1.29 is 14.3 Å². The number of rotatable bonds is 11. The van der Waals surface area contributed by atoms with Crippen molar-refractivity contribution in [2.24, 2.45) is 0 Å². The highest BCUT2D eigenvalue weighted by atomic mass is 16.5. The van der Waals surface area contributed by atoms with Crippen molar-refractivity contribution in [3.05, 3.63) is 0 Å². The van der Waals surface area contributed by atoms with E-state index >= 15 is 0 Å². The molecule has 0 heterocycles. The Morgan fingerprint density at radius 2 is 1.62 bits per heavy atom. The van der Waals surface area contributed by atoms with Gasteiger partial charge in [-0.25, -0.2) is 0 Å². The second-order valence-electron chi connectivity index (χ2n) is 3.28. The molecule has 0 spiro atoms. The highest BCUT2D eigenvalue weighted by Gasteiger charge is 1.94. The van der Waals surface area contributed by atoms with Crippen LogP contribution in [0.5, 0.6) is 0 Å². The van der Waals surface area contributed by atoms with E-state index in [1.54, 1.807) is 0 Å². The van der Waals surface area contributed by atoms with Crippen molar-refractivity contribution >= 4 is 5.91 Å². The van der Waals surface area contributed by atoms with Gasteiger partial charge in [0.05, 0.1) is 26.4 Å². The molecular weight excluding hydrogens is 208 g/mol. The van der Waals surface area contributed by atoms with Crippen LogP contribution in [0.2, 0.25) is 0 Å². The lowest BCUT2D eigenvalue weighted by Gasteiger charge is -2.06. The summed E-state index contributed by atoms with van der Waals surface area (Å²) >= 11 is 0. The summed E-state index contributed by atoms with van der Waals surface area (Å²) in [6.07, 6.45) is 0.521. The van der Waals surface area contributed by atoms with Crippen molar-refractivity contribution in [3.8, 4) is 0 Å². The molecule has 0 fully saturated rings. The van der Waals surface area contributed by atoms with E-state index in [0.717, 1.165) is 13.1 Å². The molecule has 0 unspecified atom stereocenters. The van der Waals surface area contributed by atoms with Crippen LogP contribution in [0.15, 0.2) is 0 Å². The standard InChI is InChI=1S/C11H24N2O3/c1-3-11(14)13-6-8-16-10-9-15-7-5-12-4-2/h12H,3-10H2,1-2H3,(H,13,14). The Hall–Kier alpha value is -0.650. The monoisotopic (exact) mass is 232 g/mol. The third kappa shape index (κ3) is 11.4. The quantitative estimate of drug-likeness (QED) is 0.498. The molecule has 0 aromatic rings. The van der Waals surface area contributed by atoms with Gasteiger partial charge >= 0.3 is 0 Å². The molecule has 5 nitrogen and oxygen atoms in total. The summed E-state index contributed by atoms with van der Waals surface area (Å²) in [5.41, 5.74) is 0. The van der Waals surface area contributed by atoms with Crippen LogP contribution in [0, 0.1) is 0 Å². The van der Waals surface area contributed by atoms with Gasteiger partial charge in [0.25, 0.3) is 0 Å². The van der Waals surface area contributed by atoms with Crippen molar-refractivity contribution in [1.29, 1.82) is 0 Å². The number of ether oxygens (including phenoxy) is 2. The molecule has 0 rings (SSSR count).